The molecule has 0 radical (unpaired) electrons. The SMILES string of the molecule is C[C@@H](O)CN1CCN(c2sc(S(C)(=O)=O)cc2[N+](=O)[O-])CC1. The Kier molecular flexibility index (Phi) is 5.05. The molecule has 0 spiro atoms. The maximum Gasteiger partial charge on any atom is 0.305 e. The van der Waals surface area contributed by atoms with Crippen molar-refractivity contribution in [2.75, 3.05) is 43.9 Å². The van der Waals surface area contributed by atoms with Crippen LogP contribution in [0.3, 0.4) is 0 Å². The van der Waals surface area contributed by atoms with Gasteiger partial charge in [-0.1, -0.05) is 11.3 Å². The lowest BCUT2D eigenvalue weighted by atomic mass is 10.3. The van der Waals surface area contributed by atoms with Crippen molar-refractivity contribution in [3.05, 3.63) is 16.2 Å². The lowest BCUT2D eigenvalue weighted by Gasteiger charge is -2.35. The summed E-state index contributed by atoms with van der Waals surface area (Å²) in [6, 6.07) is 1.14. The number of aliphatic hydroxyl groups excluding tert-OH is 1. The predicted molar refractivity (Wildman–Crippen MR) is 84.4 cm³/mol. The highest BCUT2D eigenvalue weighted by Gasteiger charge is 2.29. The Bertz CT molecular complexity index is 648. The summed E-state index contributed by atoms with van der Waals surface area (Å²) in [5, 5.41) is 20.9. The summed E-state index contributed by atoms with van der Waals surface area (Å²) in [6.45, 7) is 4.76. The van der Waals surface area contributed by atoms with Crippen LogP contribution in [0, 0.1) is 10.1 Å². The monoisotopic (exact) mass is 349 g/mol. The number of hydrogen-bond donors (Lipinski definition) is 1. The molecule has 1 aromatic rings. The van der Waals surface area contributed by atoms with Crippen LogP contribution in [0.4, 0.5) is 10.7 Å². The van der Waals surface area contributed by atoms with E-state index in [0.29, 0.717) is 37.7 Å². The number of nitrogens with zero attached hydrogens (tertiary/aromatic N) is 3. The topological polar surface area (TPSA) is 104 Å². The van der Waals surface area contributed by atoms with Gasteiger partial charge in [-0.15, -0.1) is 0 Å². The average molecular weight is 349 g/mol. The second kappa shape index (κ2) is 6.49. The normalized spacial score (nSPS) is 18.4. The maximum atomic E-state index is 11.6. The zero-order valence-electron chi connectivity index (χ0n) is 12.4. The Morgan fingerprint density at radius 2 is 2.00 bits per heavy atom. The van der Waals surface area contributed by atoms with Crippen molar-refractivity contribution in [2.45, 2.75) is 17.2 Å². The minimum atomic E-state index is -3.46. The Balaban J connectivity index is 2.19. The molecule has 1 fully saturated rings. The molecule has 0 aromatic carbocycles. The van der Waals surface area contributed by atoms with Gasteiger partial charge in [-0.3, -0.25) is 15.0 Å². The molecule has 1 aliphatic heterocycles. The highest BCUT2D eigenvalue weighted by atomic mass is 32.2. The van der Waals surface area contributed by atoms with Crippen LogP contribution < -0.4 is 4.90 Å². The fraction of sp³-hybridized carbons (Fsp3) is 0.667. The molecule has 0 bridgehead atoms. The third-order valence-corrected chi connectivity index (χ3v) is 6.40. The molecule has 124 valence electrons. The minimum absolute atomic E-state index is 0.0145. The van der Waals surface area contributed by atoms with Gasteiger partial charge in [-0.05, 0) is 6.92 Å². The molecule has 0 amide bonds. The average Bonchev–Trinajstić information content (AvgIpc) is 2.84. The maximum absolute atomic E-state index is 11.6. The van der Waals surface area contributed by atoms with E-state index in [1.54, 1.807) is 6.92 Å². The van der Waals surface area contributed by atoms with Gasteiger partial charge in [0.2, 0.25) is 0 Å². The predicted octanol–water partition coefficient (Wildman–Crippen LogP) is 0.563. The Morgan fingerprint density at radius 3 is 2.45 bits per heavy atom. The third kappa shape index (κ3) is 3.94. The summed E-state index contributed by atoms with van der Waals surface area (Å²) in [5.41, 5.74) is -0.158. The van der Waals surface area contributed by atoms with E-state index in [1.165, 1.54) is 0 Å². The standard InChI is InChI=1S/C12H19N3O5S2/c1-9(16)8-13-3-5-14(6-4-13)12-10(15(17)18)7-11(21-12)22(2,19)20/h7,9,16H,3-6,8H2,1-2H3/t9-/m1/s1. The summed E-state index contributed by atoms with van der Waals surface area (Å²) >= 11 is 0.945. The van der Waals surface area contributed by atoms with Crippen molar-refractivity contribution < 1.29 is 18.4 Å². The minimum Gasteiger partial charge on any atom is -0.392 e. The van der Waals surface area contributed by atoms with Gasteiger partial charge in [0.25, 0.3) is 0 Å². The highest BCUT2D eigenvalue weighted by Crippen LogP contribution is 2.40. The van der Waals surface area contributed by atoms with Gasteiger partial charge in [0.15, 0.2) is 14.8 Å². The van der Waals surface area contributed by atoms with Gasteiger partial charge >= 0.3 is 5.69 Å². The summed E-state index contributed by atoms with van der Waals surface area (Å²) in [5.74, 6) is 0. The molecule has 2 heterocycles. The summed E-state index contributed by atoms with van der Waals surface area (Å²) in [7, 11) is -3.46. The van der Waals surface area contributed by atoms with E-state index < -0.39 is 20.9 Å². The van der Waals surface area contributed by atoms with E-state index in [-0.39, 0.29) is 9.90 Å². The van der Waals surface area contributed by atoms with E-state index >= 15 is 0 Å². The number of β-amino-alcohol motifs (C(OH)–C–C–N with tert-alkyl or cyclic N) is 1. The van der Waals surface area contributed by atoms with Gasteiger partial charge in [0.1, 0.15) is 4.21 Å². The number of rotatable bonds is 5. The molecule has 1 atom stereocenters. The van der Waals surface area contributed by atoms with Crippen LogP contribution in [0.1, 0.15) is 6.92 Å². The molecule has 10 heteroatoms. The highest BCUT2D eigenvalue weighted by molar-refractivity contribution is 7.92. The number of aliphatic hydroxyl groups is 1. The lowest BCUT2D eigenvalue weighted by Crippen LogP contribution is -2.48. The number of piperazine rings is 1. The van der Waals surface area contributed by atoms with Gasteiger partial charge in [0, 0.05) is 45.0 Å². The van der Waals surface area contributed by atoms with Crippen LogP contribution >= 0.6 is 11.3 Å². The number of hydrogen-bond acceptors (Lipinski definition) is 8. The van der Waals surface area contributed by atoms with Crippen molar-refractivity contribution in [1.82, 2.24) is 4.90 Å². The van der Waals surface area contributed by atoms with E-state index in [9.17, 15) is 23.6 Å². The Hall–Kier alpha value is -1.23. The van der Waals surface area contributed by atoms with Gasteiger partial charge in [0.05, 0.1) is 11.0 Å². The van der Waals surface area contributed by atoms with Crippen LogP contribution in [0.2, 0.25) is 0 Å². The van der Waals surface area contributed by atoms with Crippen molar-refractivity contribution in [3.63, 3.8) is 0 Å². The van der Waals surface area contributed by atoms with Crippen molar-refractivity contribution in [3.8, 4) is 0 Å². The van der Waals surface area contributed by atoms with Crippen LogP contribution in [0.15, 0.2) is 10.3 Å². The van der Waals surface area contributed by atoms with Crippen LogP contribution in [0.5, 0.6) is 0 Å². The molecule has 22 heavy (non-hydrogen) atoms. The molecular weight excluding hydrogens is 330 g/mol. The first-order valence-electron chi connectivity index (χ1n) is 6.82. The largest absolute Gasteiger partial charge is 0.392 e. The van der Waals surface area contributed by atoms with Gasteiger partial charge in [-0.25, -0.2) is 8.42 Å². The molecule has 1 aliphatic rings. The molecule has 1 aromatic heterocycles. The number of thiophene rings is 1. The van der Waals surface area contributed by atoms with Crippen molar-refractivity contribution in [2.24, 2.45) is 0 Å². The third-order valence-electron chi connectivity index (χ3n) is 3.42. The van der Waals surface area contributed by atoms with Crippen LogP contribution in [0.25, 0.3) is 0 Å². The molecule has 8 nitrogen and oxygen atoms in total. The smallest absolute Gasteiger partial charge is 0.305 e. The first-order chi connectivity index (χ1) is 10.2. The number of nitro groups is 1. The number of anilines is 1. The van der Waals surface area contributed by atoms with Crippen molar-refractivity contribution >= 4 is 31.9 Å². The van der Waals surface area contributed by atoms with Crippen molar-refractivity contribution in [1.29, 1.82) is 0 Å². The molecule has 0 saturated carbocycles. The molecule has 0 aliphatic carbocycles. The first kappa shape index (κ1) is 17.1. The Labute approximate surface area is 133 Å². The second-order valence-corrected chi connectivity index (χ2v) is 8.70. The zero-order valence-corrected chi connectivity index (χ0v) is 14.1. The van der Waals surface area contributed by atoms with E-state index in [4.69, 9.17) is 0 Å². The lowest BCUT2D eigenvalue weighted by molar-refractivity contribution is -0.383. The fourth-order valence-electron chi connectivity index (χ4n) is 2.40. The first-order valence-corrected chi connectivity index (χ1v) is 9.53. The van der Waals surface area contributed by atoms with Gasteiger partial charge < -0.3 is 10.0 Å². The molecule has 1 N–H and O–H groups in total. The molecular formula is C12H19N3O5S2. The van der Waals surface area contributed by atoms with Crippen LogP contribution in [-0.4, -0.2) is 68.4 Å². The van der Waals surface area contributed by atoms with E-state index in [1.807, 2.05) is 4.90 Å². The quantitative estimate of drug-likeness (QED) is 0.612. The Morgan fingerprint density at radius 1 is 1.41 bits per heavy atom. The summed E-state index contributed by atoms with van der Waals surface area (Å²) < 4.78 is 23.2. The summed E-state index contributed by atoms with van der Waals surface area (Å²) in [4.78, 5) is 14.5. The molecule has 2 rings (SSSR count). The van der Waals surface area contributed by atoms with E-state index in [0.717, 1.165) is 23.7 Å². The number of sulfone groups is 1. The second-order valence-electron chi connectivity index (χ2n) is 5.42. The zero-order chi connectivity index (χ0) is 16.5. The van der Waals surface area contributed by atoms with E-state index in [2.05, 4.69) is 4.90 Å². The van der Waals surface area contributed by atoms with Crippen LogP contribution in [-0.2, 0) is 9.84 Å². The summed E-state index contributed by atoms with van der Waals surface area (Å²) in [6.07, 6.45) is 0.631. The molecule has 0 unspecified atom stereocenters. The fourth-order valence-corrected chi connectivity index (χ4v) is 4.48. The molecule has 1 saturated heterocycles. The van der Waals surface area contributed by atoms with Gasteiger partial charge in [-0.2, -0.15) is 0 Å².